The van der Waals surface area contributed by atoms with Crippen LogP contribution in [0.25, 0.3) is 5.57 Å². The van der Waals surface area contributed by atoms with Crippen molar-refractivity contribution in [3.8, 4) is 0 Å². The molecule has 0 spiro atoms. The monoisotopic (exact) mass is 324 g/mol. The van der Waals surface area contributed by atoms with Crippen LogP contribution in [-0.4, -0.2) is 10.8 Å². The largest absolute Gasteiger partial charge is 0.366 e. The smallest absolute Gasteiger partial charge is 0.277 e. The Morgan fingerprint density at radius 2 is 1.96 bits per heavy atom. The molecule has 2 N–H and O–H groups in total. The predicted molar refractivity (Wildman–Crippen MR) is 97.5 cm³/mol. The average molecular weight is 324 g/mol. The van der Waals surface area contributed by atoms with Crippen LogP contribution in [0.3, 0.4) is 0 Å². The molecule has 0 aliphatic carbocycles. The molecule has 0 aliphatic heterocycles. The zero-order valence-electron chi connectivity index (χ0n) is 13.4. The van der Waals surface area contributed by atoms with Crippen molar-refractivity contribution in [1.82, 2.24) is 0 Å². The van der Waals surface area contributed by atoms with E-state index < -0.39 is 10.8 Å². The Bertz CT molecular complexity index is 696. The second-order valence-electron chi connectivity index (χ2n) is 4.84. The summed E-state index contributed by atoms with van der Waals surface area (Å²) in [5.74, 6) is -0.710. The van der Waals surface area contributed by atoms with E-state index in [9.17, 15) is 14.9 Å². The number of amides is 1. The van der Waals surface area contributed by atoms with Gasteiger partial charge < -0.3 is 5.73 Å². The molecule has 0 aromatic heterocycles. The number of nitrogens with zero attached hydrogens (tertiary/aromatic N) is 1. The summed E-state index contributed by atoms with van der Waals surface area (Å²) in [6, 6.07) is 4.28. The second kappa shape index (κ2) is 9.74. The SMILES string of the molecule is C=CC/C=C/C=C/C=C(/CC=C)c1c(C(N)=O)cccc1[N+](=O)[O-]. The lowest BCUT2D eigenvalue weighted by molar-refractivity contribution is -0.385. The zero-order chi connectivity index (χ0) is 17.9. The summed E-state index contributed by atoms with van der Waals surface area (Å²) >= 11 is 0. The number of nitrogens with two attached hydrogens (primary N) is 1. The molecule has 0 saturated heterocycles. The van der Waals surface area contributed by atoms with Gasteiger partial charge in [0.25, 0.3) is 5.69 Å². The number of hydrogen-bond donors (Lipinski definition) is 1. The van der Waals surface area contributed by atoms with Crippen molar-refractivity contribution in [2.24, 2.45) is 5.73 Å². The number of allylic oxidation sites excluding steroid dienone is 8. The van der Waals surface area contributed by atoms with Gasteiger partial charge in [-0.3, -0.25) is 14.9 Å². The van der Waals surface area contributed by atoms with Crippen LogP contribution in [0.2, 0.25) is 0 Å². The molecule has 1 amide bonds. The standard InChI is InChI=1S/C19H20N2O3/c1-3-5-6-7-8-9-12-15(11-4-2)18-16(19(20)22)13-10-14-17(18)21(23)24/h3-4,6-10,12-14H,1-2,5,11H2,(H2,20,22)/b7-6+,9-8+,15-12-. The van der Waals surface area contributed by atoms with Crippen molar-refractivity contribution in [1.29, 1.82) is 0 Å². The third-order valence-corrected chi connectivity index (χ3v) is 3.15. The summed E-state index contributed by atoms with van der Waals surface area (Å²) < 4.78 is 0. The van der Waals surface area contributed by atoms with Gasteiger partial charge in [0.05, 0.1) is 16.1 Å². The van der Waals surface area contributed by atoms with Gasteiger partial charge in [0.15, 0.2) is 0 Å². The van der Waals surface area contributed by atoms with Crippen LogP contribution >= 0.6 is 0 Å². The number of rotatable bonds is 9. The molecule has 0 fully saturated rings. The molecule has 0 heterocycles. The van der Waals surface area contributed by atoms with E-state index in [4.69, 9.17) is 5.73 Å². The number of nitro groups is 1. The number of nitro benzene ring substituents is 1. The van der Waals surface area contributed by atoms with Crippen LogP contribution in [0.1, 0.15) is 28.8 Å². The normalized spacial score (nSPS) is 11.8. The van der Waals surface area contributed by atoms with Gasteiger partial charge in [-0.2, -0.15) is 0 Å². The third-order valence-electron chi connectivity index (χ3n) is 3.15. The van der Waals surface area contributed by atoms with Crippen molar-refractivity contribution in [2.45, 2.75) is 12.8 Å². The van der Waals surface area contributed by atoms with Crippen LogP contribution in [0.4, 0.5) is 5.69 Å². The van der Waals surface area contributed by atoms with Crippen LogP contribution in [0.5, 0.6) is 0 Å². The molecular formula is C19H20N2O3. The summed E-state index contributed by atoms with van der Waals surface area (Å²) in [4.78, 5) is 22.5. The van der Waals surface area contributed by atoms with Gasteiger partial charge in [-0.1, -0.05) is 48.6 Å². The Balaban J connectivity index is 3.38. The number of benzene rings is 1. The fraction of sp³-hybridized carbons (Fsp3) is 0.105. The average Bonchev–Trinajstić information content (AvgIpc) is 2.56. The minimum atomic E-state index is -0.710. The van der Waals surface area contributed by atoms with Gasteiger partial charge in [0.1, 0.15) is 0 Å². The van der Waals surface area contributed by atoms with E-state index in [1.807, 2.05) is 12.2 Å². The highest BCUT2D eigenvalue weighted by Gasteiger charge is 2.22. The lowest BCUT2D eigenvalue weighted by atomic mass is 9.94. The van der Waals surface area contributed by atoms with Gasteiger partial charge >= 0.3 is 0 Å². The molecule has 0 aliphatic rings. The van der Waals surface area contributed by atoms with Crippen molar-refractivity contribution in [3.05, 3.63) is 95.1 Å². The highest BCUT2D eigenvalue weighted by atomic mass is 16.6. The maximum atomic E-state index is 11.7. The van der Waals surface area contributed by atoms with E-state index in [2.05, 4.69) is 13.2 Å². The molecule has 1 rings (SSSR count). The minimum Gasteiger partial charge on any atom is -0.366 e. The first-order valence-corrected chi connectivity index (χ1v) is 7.34. The van der Waals surface area contributed by atoms with Gasteiger partial charge in [-0.15, -0.1) is 13.2 Å². The number of carbonyl (C=O) groups excluding carboxylic acids is 1. The third kappa shape index (κ3) is 5.21. The Morgan fingerprint density at radius 3 is 2.54 bits per heavy atom. The second-order valence-corrected chi connectivity index (χ2v) is 4.84. The first-order valence-electron chi connectivity index (χ1n) is 7.34. The topological polar surface area (TPSA) is 86.2 Å². The fourth-order valence-corrected chi connectivity index (χ4v) is 2.13. The molecule has 0 saturated carbocycles. The maximum Gasteiger partial charge on any atom is 0.277 e. The number of primary amides is 1. The predicted octanol–water partition coefficient (Wildman–Crippen LogP) is 4.34. The van der Waals surface area contributed by atoms with E-state index in [-0.39, 0.29) is 16.8 Å². The Kier molecular flexibility index (Phi) is 7.64. The van der Waals surface area contributed by atoms with Gasteiger partial charge in [-0.05, 0) is 24.5 Å². The van der Waals surface area contributed by atoms with Gasteiger partial charge in [0.2, 0.25) is 5.91 Å². The molecule has 1 aromatic carbocycles. The van der Waals surface area contributed by atoms with E-state index in [0.29, 0.717) is 12.0 Å². The Hall–Kier alpha value is -3.21. The molecule has 5 nitrogen and oxygen atoms in total. The molecule has 0 bridgehead atoms. The molecule has 24 heavy (non-hydrogen) atoms. The summed E-state index contributed by atoms with van der Waals surface area (Å²) in [6.45, 7) is 7.28. The maximum absolute atomic E-state index is 11.7. The van der Waals surface area contributed by atoms with Crippen molar-refractivity contribution in [3.63, 3.8) is 0 Å². The van der Waals surface area contributed by atoms with E-state index in [1.54, 1.807) is 30.4 Å². The van der Waals surface area contributed by atoms with Crippen molar-refractivity contribution >= 4 is 17.2 Å². The summed E-state index contributed by atoms with van der Waals surface area (Å²) in [6.07, 6.45) is 13.5. The Labute approximate surface area is 141 Å². The summed E-state index contributed by atoms with van der Waals surface area (Å²) in [7, 11) is 0. The van der Waals surface area contributed by atoms with Crippen LogP contribution in [0.15, 0.2) is 73.9 Å². The molecule has 0 radical (unpaired) electrons. The number of carbonyl (C=O) groups is 1. The number of hydrogen-bond acceptors (Lipinski definition) is 3. The molecule has 5 heteroatoms. The van der Waals surface area contributed by atoms with E-state index >= 15 is 0 Å². The van der Waals surface area contributed by atoms with Gasteiger partial charge in [0, 0.05) is 6.07 Å². The molecular weight excluding hydrogens is 304 g/mol. The first-order chi connectivity index (χ1) is 11.5. The van der Waals surface area contributed by atoms with Crippen molar-refractivity contribution < 1.29 is 9.72 Å². The summed E-state index contributed by atoms with van der Waals surface area (Å²) in [5, 5.41) is 11.3. The summed E-state index contributed by atoms with van der Waals surface area (Å²) in [5.41, 5.74) is 6.16. The fourth-order valence-electron chi connectivity index (χ4n) is 2.13. The molecule has 1 aromatic rings. The lowest BCUT2D eigenvalue weighted by Crippen LogP contribution is -2.14. The minimum absolute atomic E-state index is 0.118. The quantitative estimate of drug-likeness (QED) is 0.317. The van der Waals surface area contributed by atoms with Crippen LogP contribution < -0.4 is 5.73 Å². The molecule has 0 atom stereocenters. The van der Waals surface area contributed by atoms with E-state index in [1.165, 1.54) is 18.2 Å². The van der Waals surface area contributed by atoms with Crippen LogP contribution in [-0.2, 0) is 0 Å². The molecule has 124 valence electrons. The molecule has 0 unspecified atom stereocenters. The lowest BCUT2D eigenvalue weighted by Gasteiger charge is -2.10. The van der Waals surface area contributed by atoms with Gasteiger partial charge in [-0.25, -0.2) is 0 Å². The highest BCUT2D eigenvalue weighted by Crippen LogP contribution is 2.31. The zero-order valence-corrected chi connectivity index (χ0v) is 13.4. The first kappa shape index (κ1) is 18.8. The highest BCUT2D eigenvalue weighted by molar-refractivity contribution is 6.00. The van der Waals surface area contributed by atoms with E-state index in [0.717, 1.165) is 6.42 Å². The Morgan fingerprint density at radius 1 is 1.21 bits per heavy atom. The van der Waals surface area contributed by atoms with Crippen LogP contribution in [0, 0.1) is 10.1 Å². The van der Waals surface area contributed by atoms with Crippen molar-refractivity contribution in [2.75, 3.05) is 0 Å².